The fourth-order valence-corrected chi connectivity index (χ4v) is 4.41. The van der Waals surface area contributed by atoms with E-state index >= 15 is 0 Å². The molecule has 0 aliphatic heterocycles. The van der Waals surface area contributed by atoms with Gasteiger partial charge in [-0.25, -0.2) is 4.39 Å². The van der Waals surface area contributed by atoms with Crippen LogP contribution in [0.2, 0.25) is 0 Å². The third-order valence-electron chi connectivity index (χ3n) is 4.26. The van der Waals surface area contributed by atoms with E-state index in [1.54, 1.807) is 16.8 Å². The van der Waals surface area contributed by atoms with Crippen LogP contribution >= 0.6 is 34.3 Å². The molecule has 0 saturated carbocycles. The van der Waals surface area contributed by atoms with E-state index in [1.807, 2.05) is 18.2 Å². The molecular formula is C21H28BrFN3O2PS. The fraction of sp³-hybridized carbons (Fsp3) is 0.333. The van der Waals surface area contributed by atoms with Gasteiger partial charge in [0.25, 0.3) is 0 Å². The summed E-state index contributed by atoms with van der Waals surface area (Å²) in [5, 5.41) is 5.56. The molecule has 1 heterocycles. The van der Waals surface area contributed by atoms with E-state index in [-0.39, 0.29) is 12.5 Å². The molecule has 1 atom stereocenters. The van der Waals surface area contributed by atoms with Gasteiger partial charge in [-0.15, -0.1) is 14.3 Å². The van der Waals surface area contributed by atoms with E-state index in [4.69, 9.17) is 9.47 Å². The molecule has 0 N–H and O–H groups in total. The smallest absolute Gasteiger partial charge is 0.323 e. The lowest BCUT2D eigenvalue weighted by Crippen LogP contribution is -2.20. The van der Waals surface area contributed by atoms with Crippen molar-refractivity contribution in [1.82, 2.24) is 14.8 Å². The lowest BCUT2D eigenvalue weighted by molar-refractivity contribution is 0.0751. The van der Waals surface area contributed by atoms with E-state index in [9.17, 15) is 4.39 Å². The largest absolute Gasteiger partial charge is 0.424 e. The number of thiol groups is 1. The number of hydrogen-bond donors (Lipinski definition) is 1. The Morgan fingerprint density at radius 2 is 1.80 bits per heavy atom. The zero-order valence-electron chi connectivity index (χ0n) is 17.6. The zero-order chi connectivity index (χ0) is 22.0. The lowest BCUT2D eigenvalue weighted by Gasteiger charge is -2.46. The maximum absolute atomic E-state index is 13.2. The second-order valence-corrected chi connectivity index (χ2v) is 19.1. The third kappa shape index (κ3) is 6.77. The number of hydrogen-bond acceptors (Lipinski definition) is 4. The second-order valence-electron chi connectivity index (χ2n) is 9.21. The van der Waals surface area contributed by atoms with Crippen LogP contribution in [0.5, 0.6) is 11.8 Å². The normalized spacial score (nSPS) is 13.1. The monoisotopic (exact) mass is 515 g/mol. The molecule has 0 radical (unpaired) electrons. The third-order valence-corrected chi connectivity index (χ3v) is 7.20. The number of ether oxygens (including phenoxy) is 2. The molecule has 3 aromatic rings. The quantitative estimate of drug-likeness (QED) is 0.268. The molecule has 164 valence electrons. The summed E-state index contributed by atoms with van der Waals surface area (Å²) in [5.74, 6) is 1.71. The SMILES string of the molecule is C[SH](C)(C)(C)CCOCn1nc(-c2ccc(Br)cc2P)nc1Oc1ccc(F)cc1. The number of nitrogens with zero attached hydrogens (tertiary/aromatic N) is 3. The highest BCUT2D eigenvalue weighted by molar-refractivity contribution is 9.10. The Balaban J connectivity index is 1.84. The van der Waals surface area contributed by atoms with E-state index < -0.39 is 9.16 Å². The summed E-state index contributed by atoms with van der Waals surface area (Å²) in [7, 11) is 1.05. The van der Waals surface area contributed by atoms with Crippen LogP contribution in [-0.2, 0) is 11.5 Å². The van der Waals surface area contributed by atoms with Crippen LogP contribution in [0.1, 0.15) is 0 Å². The van der Waals surface area contributed by atoms with Crippen molar-refractivity contribution in [1.29, 1.82) is 0 Å². The van der Waals surface area contributed by atoms with Crippen LogP contribution in [0.25, 0.3) is 11.4 Å². The predicted molar refractivity (Wildman–Crippen MR) is 132 cm³/mol. The minimum absolute atomic E-state index is 0.221. The van der Waals surface area contributed by atoms with Crippen molar-refractivity contribution >= 4 is 39.6 Å². The van der Waals surface area contributed by atoms with Crippen LogP contribution in [0.3, 0.4) is 0 Å². The highest BCUT2D eigenvalue weighted by atomic mass is 79.9. The van der Waals surface area contributed by atoms with Gasteiger partial charge in [-0.2, -0.15) is 9.67 Å². The molecule has 0 saturated heterocycles. The van der Waals surface area contributed by atoms with Gasteiger partial charge < -0.3 is 9.47 Å². The molecule has 0 spiro atoms. The van der Waals surface area contributed by atoms with Crippen molar-refractivity contribution in [3.8, 4) is 23.1 Å². The second kappa shape index (κ2) is 8.95. The number of aromatic nitrogens is 3. The van der Waals surface area contributed by atoms with Crippen LogP contribution in [0.15, 0.2) is 46.9 Å². The van der Waals surface area contributed by atoms with Crippen molar-refractivity contribution in [2.45, 2.75) is 6.73 Å². The van der Waals surface area contributed by atoms with Gasteiger partial charge in [0.2, 0.25) is 0 Å². The molecule has 0 fully saturated rings. The van der Waals surface area contributed by atoms with E-state index in [0.29, 0.717) is 24.2 Å². The molecule has 0 amide bonds. The first-order valence-electron chi connectivity index (χ1n) is 9.48. The molecule has 5 nitrogen and oxygen atoms in total. The Labute approximate surface area is 188 Å². The van der Waals surface area contributed by atoms with Crippen LogP contribution < -0.4 is 10.0 Å². The standard InChI is InChI=1S/C21H28BrFN3O2PS/c1-30(2,3,4)12-11-27-14-26-21(28-17-8-6-16(23)7-9-17)24-20(25-26)18-10-5-15(22)13-19(18)29/h5-10,13,30H,11-12,14,29H2,1-4H3. The fourth-order valence-electron chi connectivity index (χ4n) is 2.53. The highest BCUT2D eigenvalue weighted by Crippen LogP contribution is 2.54. The molecule has 1 unspecified atom stereocenters. The Morgan fingerprint density at radius 1 is 1.10 bits per heavy atom. The first-order valence-corrected chi connectivity index (χ1v) is 15.1. The molecule has 0 aliphatic rings. The van der Waals surface area contributed by atoms with E-state index in [1.165, 1.54) is 12.1 Å². The minimum atomic E-state index is -1.64. The van der Waals surface area contributed by atoms with Gasteiger partial charge in [-0.05, 0) is 78.5 Å². The Kier molecular flexibility index (Phi) is 6.92. The maximum atomic E-state index is 13.2. The first-order chi connectivity index (χ1) is 14.0. The van der Waals surface area contributed by atoms with E-state index in [0.717, 1.165) is 21.1 Å². The number of halogens is 2. The Morgan fingerprint density at radius 3 is 2.43 bits per heavy atom. The van der Waals surface area contributed by atoms with Crippen LogP contribution in [-0.4, -0.2) is 52.1 Å². The molecule has 30 heavy (non-hydrogen) atoms. The minimum Gasteiger partial charge on any atom is -0.424 e. The molecule has 0 aliphatic carbocycles. The van der Waals surface area contributed by atoms with Crippen molar-refractivity contribution < 1.29 is 13.9 Å². The van der Waals surface area contributed by atoms with Crippen molar-refractivity contribution in [3.05, 3.63) is 52.8 Å². The maximum Gasteiger partial charge on any atom is 0.323 e. The summed E-state index contributed by atoms with van der Waals surface area (Å²) in [6, 6.07) is 12.0. The molecule has 1 aromatic heterocycles. The summed E-state index contributed by atoms with van der Waals surface area (Å²) >= 11 is 3.47. The van der Waals surface area contributed by atoms with Crippen molar-refractivity contribution in [3.63, 3.8) is 0 Å². The lowest BCUT2D eigenvalue weighted by atomic mass is 10.2. The topological polar surface area (TPSA) is 49.2 Å². The van der Waals surface area contributed by atoms with Gasteiger partial charge in [0, 0.05) is 10.0 Å². The van der Waals surface area contributed by atoms with Gasteiger partial charge in [0.1, 0.15) is 18.3 Å². The van der Waals surface area contributed by atoms with Gasteiger partial charge in [0.15, 0.2) is 5.82 Å². The molecule has 0 bridgehead atoms. The Bertz CT molecular complexity index is 1030. The predicted octanol–water partition coefficient (Wildman–Crippen LogP) is 4.71. The summed E-state index contributed by atoms with van der Waals surface area (Å²) in [4.78, 5) is 4.57. The molecule has 9 heteroatoms. The molecule has 3 rings (SSSR count). The number of rotatable bonds is 8. The van der Waals surface area contributed by atoms with Crippen molar-refractivity contribution in [2.24, 2.45) is 0 Å². The van der Waals surface area contributed by atoms with Gasteiger partial charge in [0.05, 0.1) is 6.61 Å². The molecule has 2 aromatic carbocycles. The first kappa shape index (κ1) is 23.2. The average molecular weight is 516 g/mol. The Hall–Kier alpha value is -1.47. The van der Waals surface area contributed by atoms with E-state index in [2.05, 4.69) is 60.3 Å². The van der Waals surface area contributed by atoms with Crippen molar-refractivity contribution in [2.75, 3.05) is 37.4 Å². The summed E-state index contributed by atoms with van der Waals surface area (Å²) in [6.45, 7) is 0.856. The van der Waals surface area contributed by atoms with Crippen LogP contribution in [0, 0.1) is 5.82 Å². The summed E-state index contributed by atoms with van der Waals surface area (Å²) in [5.41, 5.74) is 0.875. The average Bonchev–Trinajstić information content (AvgIpc) is 3.02. The van der Waals surface area contributed by atoms with Gasteiger partial charge in [-0.1, -0.05) is 15.9 Å². The molecular weight excluding hydrogens is 488 g/mol. The number of benzene rings is 2. The van der Waals surface area contributed by atoms with Gasteiger partial charge >= 0.3 is 6.01 Å². The van der Waals surface area contributed by atoms with Gasteiger partial charge in [-0.3, -0.25) is 9.16 Å². The highest BCUT2D eigenvalue weighted by Gasteiger charge is 2.19. The zero-order valence-corrected chi connectivity index (χ0v) is 21.2. The summed E-state index contributed by atoms with van der Waals surface area (Å²) < 4.78 is 27.6. The summed E-state index contributed by atoms with van der Waals surface area (Å²) in [6.07, 6.45) is 9.28. The van der Waals surface area contributed by atoms with Crippen LogP contribution in [0.4, 0.5) is 4.39 Å².